The van der Waals surface area contributed by atoms with E-state index < -0.39 is 0 Å². The zero-order chi connectivity index (χ0) is 13.0. The van der Waals surface area contributed by atoms with Crippen molar-refractivity contribution in [1.29, 1.82) is 0 Å². The van der Waals surface area contributed by atoms with Gasteiger partial charge >= 0.3 is 0 Å². The molecule has 2 rings (SSSR count). The van der Waals surface area contributed by atoms with Crippen molar-refractivity contribution in [3.63, 3.8) is 0 Å². The molecule has 0 aliphatic rings. The molecule has 0 amide bonds. The fraction of sp³-hybridized carbons (Fsp3) is 0.267. The number of halogens is 1. The monoisotopic (exact) mass is 260 g/mol. The number of likely N-dealkylation sites (N-methyl/N-ethyl adjacent to an activating group) is 1. The van der Waals surface area contributed by atoms with E-state index in [1.54, 1.807) is 6.20 Å². The first-order valence-corrected chi connectivity index (χ1v) is 6.40. The number of nitrogens with zero attached hydrogens (tertiary/aromatic N) is 1. The Balaban J connectivity index is 2.20. The van der Waals surface area contributed by atoms with E-state index in [0.717, 1.165) is 17.0 Å². The molecule has 18 heavy (non-hydrogen) atoms. The predicted octanol–water partition coefficient (Wildman–Crippen LogP) is 3.55. The maximum absolute atomic E-state index is 6.06. The summed E-state index contributed by atoms with van der Waals surface area (Å²) in [6, 6.07) is 10.5. The van der Waals surface area contributed by atoms with Crippen molar-refractivity contribution < 1.29 is 0 Å². The lowest BCUT2D eigenvalue weighted by Gasteiger charge is -2.17. The average molecular weight is 261 g/mol. The Kier molecular flexibility index (Phi) is 4.34. The van der Waals surface area contributed by atoms with Gasteiger partial charge in [-0.05, 0) is 49.2 Å². The van der Waals surface area contributed by atoms with Crippen LogP contribution in [-0.4, -0.2) is 12.0 Å². The van der Waals surface area contributed by atoms with Crippen LogP contribution in [0.15, 0.2) is 42.7 Å². The lowest BCUT2D eigenvalue weighted by molar-refractivity contribution is 0.591. The molecule has 0 saturated heterocycles. The van der Waals surface area contributed by atoms with Gasteiger partial charge in [-0.1, -0.05) is 29.8 Å². The summed E-state index contributed by atoms with van der Waals surface area (Å²) in [5.41, 5.74) is 3.59. The average Bonchev–Trinajstić information content (AvgIpc) is 2.40. The molecule has 1 unspecified atom stereocenters. The van der Waals surface area contributed by atoms with Gasteiger partial charge in [0, 0.05) is 23.5 Å². The van der Waals surface area contributed by atoms with Crippen molar-refractivity contribution in [1.82, 2.24) is 10.3 Å². The Hall–Kier alpha value is -1.38. The summed E-state index contributed by atoms with van der Waals surface area (Å²) >= 11 is 6.06. The van der Waals surface area contributed by atoms with E-state index in [0.29, 0.717) is 0 Å². The molecule has 1 atom stereocenters. The van der Waals surface area contributed by atoms with Gasteiger partial charge < -0.3 is 5.32 Å². The van der Waals surface area contributed by atoms with Crippen LogP contribution < -0.4 is 5.32 Å². The summed E-state index contributed by atoms with van der Waals surface area (Å²) in [6.07, 6.45) is 4.63. The molecule has 0 spiro atoms. The first kappa shape index (κ1) is 13.1. The minimum atomic E-state index is 0.283. The third kappa shape index (κ3) is 3.09. The Morgan fingerprint density at radius 3 is 2.78 bits per heavy atom. The van der Waals surface area contributed by atoms with Gasteiger partial charge in [-0.3, -0.25) is 4.98 Å². The number of aromatic nitrogens is 1. The Morgan fingerprint density at radius 1 is 1.33 bits per heavy atom. The van der Waals surface area contributed by atoms with Gasteiger partial charge in [0.1, 0.15) is 0 Å². The Morgan fingerprint density at radius 2 is 2.17 bits per heavy atom. The third-order valence-corrected chi connectivity index (χ3v) is 3.52. The highest BCUT2D eigenvalue weighted by Crippen LogP contribution is 2.23. The van der Waals surface area contributed by atoms with Crippen molar-refractivity contribution in [2.75, 3.05) is 7.05 Å². The van der Waals surface area contributed by atoms with Crippen LogP contribution in [-0.2, 0) is 6.42 Å². The highest BCUT2D eigenvalue weighted by atomic mass is 35.5. The first-order chi connectivity index (χ1) is 8.70. The number of hydrogen-bond acceptors (Lipinski definition) is 2. The van der Waals surface area contributed by atoms with E-state index in [4.69, 9.17) is 11.6 Å². The van der Waals surface area contributed by atoms with E-state index in [9.17, 15) is 0 Å². The molecule has 1 aromatic carbocycles. The summed E-state index contributed by atoms with van der Waals surface area (Å²) in [6.45, 7) is 2.03. The largest absolute Gasteiger partial charge is 0.313 e. The fourth-order valence-electron chi connectivity index (χ4n) is 2.03. The minimum Gasteiger partial charge on any atom is -0.313 e. The number of benzene rings is 1. The zero-order valence-electron chi connectivity index (χ0n) is 10.7. The number of pyridine rings is 1. The van der Waals surface area contributed by atoms with E-state index in [1.807, 2.05) is 32.3 Å². The van der Waals surface area contributed by atoms with E-state index >= 15 is 0 Å². The second kappa shape index (κ2) is 5.98. The molecule has 0 radical (unpaired) electrons. The minimum absolute atomic E-state index is 0.283. The number of nitrogens with one attached hydrogen (secondary N) is 1. The summed E-state index contributed by atoms with van der Waals surface area (Å²) < 4.78 is 0. The number of hydrogen-bond donors (Lipinski definition) is 1. The highest BCUT2D eigenvalue weighted by Gasteiger charge is 2.11. The lowest BCUT2D eigenvalue weighted by Crippen LogP contribution is -2.19. The number of rotatable bonds is 4. The first-order valence-electron chi connectivity index (χ1n) is 6.03. The van der Waals surface area contributed by atoms with Crippen molar-refractivity contribution in [3.05, 3.63) is 64.4 Å². The molecule has 1 N–H and O–H groups in total. The van der Waals surface area contributed by atoms with Crippen LogP contribution >= 0.6 is 11.6 Å². The Labute approximate surface area is 113 Å². The van der Waals surface area contributed by atoms with Gasteiger partial charge in [0.15, 0.2) is 0 Å². The topological polar surface area (TPSA) is 24.9 Å². The van der Waals surface area contributed by atoms with Crippen molar-refractivity contribution >= 4 is 11.6 Å². The summed E-state index contributed by atoms with van der Waals surface area (Å²) in [5, 5.41) is 4.16. The predicted molar refractivity (Wildman–Crippen MR) is 75.9 cm³/mol. The summed E-state index contributed by atoms with van der Waals surface area (Å²) in [4.78, 5) is 4.15. The summed E-state index contributed by atoms with van der Waals surface area (Å²) in [7, 11) is 1.98. The quantitative estimate of drug-likeness (QED) is 0.910. The van der Waals surface area contributed by atoms with Crippen LogP contribution in [0.1, 0.15) is 22.7 Å². The third-order valence-electron chi connectivity index (χ3n) is 3.10. The van der Waals surface area contributed by atoms with Gasteiger partial charge in [0.25, 0.3) is 0 Å². The van der Waals surface area contributed by atoms with Gasteiger partial charge in [-0.25, -0.2) is 0 Å². The summed E-state index contributed by atoms with van der Waals surface area (Å²) in [5.74, 6) is 0. The maximum atomic E-state index is 6.06. The van der Waals surface area contributed by atoms with Crippen LogP contribution in [0.2, 0.25) is 5.02 Å². The van der Waals surface area contributed by atoms with Gasteiger partial charge in [-0.2, -0.15) is 0 Å². The van der Waals surface area contributed by atoms with Gasteiger partial charge in [-0.15, -0.1) is 0 Å². The fourth-order valence-corrected chi connectivity index (χ4v) is 2.14. The van der Waals surface area contributed by atoms with Crippen LogP contribution in [0, 0.1) is 6.92 Å². The normalized spacial score (nSPS) is 12.4. The van der Waals surface area contributed by atoms with Crippen molar-refractivity contribution in [3.8, 4) is 0 Å². The highest BCUT2D eigenvalue weighted by molar-refractivity contribution is 6.31. The van der Waals surface area contributed by atoms with Crippen LogP contribution in [0.4, 0.5) is 0 Å². The number of aryl methyl sites for hydroxylation is 1. The SMILES string of the molecule is CNC(Cc1cccnc1)c1ccc(Cl)c(C)c1. The molecular weight excluding hydrogens is 244 g/mol. The second-order valence-corrected chi connectivity index (χ2v) is 4.82. The molecule has 1 heterocycles. The molecule has 2 nitrogen and oxygen atoms in total. The molecule has 3 heteroatoms. The van der Waals surface area contributed by atoms with Crippen molar-refractivity contribution in [2.24, 2.45) is 0 Å². The molecule has 94 valence electrons. The zero-order valence-corrected chi connectivity index (χ0v) is 11.4. The molecule has 2 aromatic rings. The smallest absolute Gasteiger partial charge is 0.0435 e. The van der Waals surface area contributed by atoms with Crippen LogP contribution in [0.5, 0.6) is 0 Å². The molecule has 1 aromatic heterocycles. The van der Waals surface area contributed by atoms with E-state index in [1.165, 1.54) is 11.1 Å². The lowest BCUT2D eigenvalue weighted by atomic mass is 9.98. The second-order valence-electron chi connectivity index (χ2n) is 4.42. The maximum Gasteiger partial charge on any atom is 0.0435 e. The van der Waals surface area contributed by atoms with Crippen LogP contribution in [0.3, 0.4) is 0 Å². The molecule has 0 aliphatic heterocycles. The van der Waals surface area contributed by atoms with Gasteiger partial charge in [0.2, 0.25) is 0 Å². The molecule has 0 bridgehead atoms. The molecule has 0 saturated carbocycles. The van der Waals surface area contributed by atoms with E-state index in [2.05, 4.69) is 28.5 Å². The molecular formula is C15H17ClN2. The van der Waals surface area contributed by atoms with Crippen LogP contribution in [0.25, 0.3) is 0 Å². The molecule has 0 fully saturated rings. The molecule has 0 aliphatic carbocycles. The Bertz CT molecular complexity index is 511. The standard InChI is InChI=1S/C15H17ClN2/c1-11-8-13(5-6-14(11)16)15(17-2)9-12-4-3-7-18-10-12/h3-8,10,15,17H,9H2,1-2H3. The van der Waals surface area contributed by atoms with Crippen molar-refractivity contribution in [2.45, 2.75) is 19.4 Å². The van der Waals surface area contributed by atoms with E-state index in [-0.39, 0.29) is 6.04 Å². The van der Waals surface area contributed by atoms with Gasteiger partial charge in [0.05, 0.1) is 0 Å².